The molecular weight excluding hydrogens is 340 g/mol. The summed E-state index contributed by atoms with van der Waals surface area (Å²) in [6, 6.07) is 2.12. The van der Waals surface area contributed by atoms with Gasteiger partial charge in [-0.05, 0) is 19.1 Å². The fraction of sp³-hybridized carbons (Fsp3) is 0.533. The summed E-state index contributed by atoms with van der Waals surface area (Å²) in [4.78, 5) is 4.45. The van der Waals surface area contributed by atoms with Crippen molar-refractivity contribution >= 4 is 5.71 Å². The summed E-state index contributed by atoms with van der Waals surface area (Å²) in [5.41, 5.74) is -5.19. The molecule has 1 atom stereocenters. The first-order chi connectivity index (χ1) is 11.0. The minimum absolute atomic E-state index is 0.00879. The van der Waals surface area contributed by atoms with Gasteiger partial charge in [-0.15, -0.1) is 0 Å². The Kier molecular flexibility index (Phi) is 5.91. The smallest absolute Gasteiger partial charge is 0.390 e. The van der Waals surface area contributed by atoms with Gasteiger partial charge in [0.2, 0.25) is 0 Å². The van der Waals surface area contributed by atoms with Crippen LogP contribution in [0, 0.1) is 6.92 Å². The third-order valence-corrected chi connectivity index (χ3v) is 3.29. The number of rotatable bonds is 2. The van der Waals surface area contributed by atoms with Crippen LogP contribution in [0.25, 0.3) is 0 Å². The van der Waals surface area contributed by atoms with Gasteiger partial charge in [0.05, 0.1) is 17.9 Å². The zero-order valence-electron chi connectivity index (χ0n) is 13.2. The fourth-order valence-corrected chi connectivity index (χ4v) is 2.23. The minimum Gasteiger partial charge on any atom is -0.390 e. The molecule has 1 heterocycles. The van der Waals surface area contributed by atoms with E-state index in [4.69, 9.17) is 5.11 Å². The lowest BCUT2D eigenvalue weighted by atomic mass is 9.86. The first-order valence-electron chi connectivity index (χ1n) is 7.10. The number of halogens is 6. The zero-order valence-corrected chi connectivity index (χ0v) is 13.2. The number of hydrogen-bond acceptors (Lipinski definition) is 3. The summed E-state index contributed by atoms with van der Waals surface area (Å²) in [5.74, 6) is 0. The molecule has 0 aromatic heterocycles. The molecule has 0 aliphatic carbocycles. The van der Waals surface area contributed by atoms with Gasteiger partial charge in [-0.25, -0.2) is 0 Å². The SMILES string of the molecule is CC.Cc1cc(C(F)(F)F)cc(C2(C(F)(F)F)CC(CO)=NO2)c1. The first kappa shape index (κ1) is 20.3. The second kappa shape index (κ2) is 7.00. The highest BCUT2D eigenvalue weighted by atomic mass is 19.4. The van der Waals surface area contributed by atoms with Crippen LogP contribution < -0.4 is 0 Å². The first-order valence-corrected chi connectivity index (χ1v) is 7.10. The van der Waals surface area contributed by atoms with Gasteiger partial charge in [0, 0.05) is 12.0 Å². The van der Waals surface area contributed by atoms with Crippen molar-refractivity contribution in [1.82, 2.24) is 0 Å². The molecule has 1 aliphatic rings. The molecule has 1 aromatic rings. The van der Waals surface area contributed by atoms with Crippen LogP contribution in [0.4, 0.5) is 26.3 Å². The highest BCUT2D eigenvalue weighted by Gasteiger charge is 2.62. The van der Waals surface area contributed by atoms with Crippen LogP contribution in [0.15, 0.2) is 23.4 Å². The van der Waals surface area contributed by atoms with Gasteiger partial charge in [-0.1, -0.05) is 30.6 Å². The van der Waals surface area contributed by atoms with E-state index < -0.39 is 42.1 Å². The summed E-state index contributed by atoms with van der Waals surface area (Å²) in [5, 5.41) is 12.0. The van der Waals surface area contributed by atoms with Crippen molar-refractivity contribution in [3.05, 3.63) is 34.9 Å². The molecule has 1 unspecified atom stereocenters. The number of aliphatic hydroxyl groups excluding tert-OH is 1. The van der Waals surface area contributed by atoms with E-state index in [2.05, 4.69) is 9.99 Å². The average Bonchev–Trinajstić information content (AvgIpc) is 2.93. The molecule has 1 aromatic carbocycles. The highest BCUT2D eigenvalue weighted by molar-refractivity contribution is 5.87. The molecule has 1 N–H and O–H groups in total. The standard InChI is InChI=1S/C13H11F6NO2.C2H6/c1-7-2-8(4-9(3-7)12(14,15)16)11(13(17,18)19)5-10(6-21)20-22-11;1-2/h2-4,21H,5-6H2,1H3;1-2H3. The molecule has 1 aliphatic heterocycles. The predicted molar refractivity (Wildman–Crippen MR) is 75.5 cm³/mol. The lowest BCUT2D eigenvalue weighted by Gasteiger charge is -2.30. The molecule has 0 fully saturated rings. The molecule has 0 amide bonds. The molecule has 0 bridgehead atoms. The van der Waals surface area contributed by atoms with E-state index in [1.165, 1.54) is 6.92 Å². The van der Waals surface area contributed by atoms with Gasteiger partial charge >= 0.3 is 12.4 Å². The van der Waals surface area contributed by atoms with E-state index in [0.717, 1.165) is 12.1 Å². The Bertz CT molecular complexity index is 609. The van der Waals surface area contributed by atoms with Gasteiger partial charge in [-0.3, -0.25) is 0 Å². The molecule has 3 nitrogen and oxygen atoms in total. The monoisotopic (exact) mass is 357 g/mol. The van der Waals surface area contributed by atoms with E-state index in [1.807, 2.05) is 13.8 Å². The minimum atomic E-state index is -5.00. The van der Waals surface area contributed by atoms with Crippen LogP contribution >= 0.6 is 0 Å². The van der Waals surface area contributed by atoms with E-state index >= 15 is 0 Å². The molecule has 0 radical (unpaired) electrons. The maximum absolute atomic E-state index is 13.4. The Labute approximate surface area is 134 Å². The fourth-order valence-electron chi connectivity index (χ4n) is 2.23. The average molecular weight is 357 g/mol. The second-order valence-electron chi connectivity index (χ2n) is 4.99. The number of aryl methyl sites for hydroxylation is 1. The van der Waals surface area contributed by atoms with Crippen molar-refractivity contribution in [2.45, 2.75) is 45.1 Å². The summed E-state index contributed by atoms with van der Waals surface area (Å²) < 4.78 is 78.7. The summed E-state index contributed by atoms with van der Waals surface area (Å²) in [6.07, 6.45) is -10.6. The number of oxime groups is 1. The van der Waals surface area contributed by atoms with Crippen LogP contribution in [0.3, 0.4) is 0 Å². The van der Waals surface area contributed by atoms with E-state index in [1.54, 1.807) is 0 Å². The lowest BCUT2D eigenvalue weighted by Crippen LogP contribution is -2.43. The Morgan fingerprint density at radius 3 is 2.12 bits per heavy atom. The zero-order chi connectivity index (χ0) is 18.8. The predicted octanol–water partition coefficient (Wildman–Crippen LogP) is 4.57. The van der Waals surface area contributed by atoms with Crippen LogP contribution in [0.2, 0.25) is 0 Å². The molecule has 2 rings (SSSR count). The summed E-state index contributed by atoms with van der Waals surface area (Å²) >= 11 is 0. The maximum Gasteiger partial charge on any atom is 0.435 e. The molecule has 24 heavy (non-hydrogen) atoms. The van der Waals surface area contributed by atoms with E-state index in [0.29, 0.717) is 6.07 Å². The number of benzene rings is 1. The largest absolute Gasteiger partial charge is 0.435 e. The molecule has 136 valence electrons. The van der Waals surface area contributed by atoms with Crippen LogP contribution in [0.1, 0.15) is 37.0 Å². The Morgan fingerprint density at radius 2 is 1.71 bits per heavy atom. The Balaban J connectivity index is 0.00000139. The molecule has 0 saturated carbocycles. The summed E-state index contributed by atoms with van der Waals surface area (Å²) in [7, 11) is 0. The van der Waals surface area contributed by atoms with Gasteiger partial charge in [-0.2, -0.15) is 26.3 Å². The van der Waals surface area contributed by atoms with Crippen molar-refractivity contribution in [3.63, 3.8) is 0 Å². The normalized spacial score (nSPS) is 20.8. The number of aliphatic hydroxyl groups is 1. The lowest BCUT2D eigenvalue weighted by molar-refractivity contribution is -0.276. The third kappa shape index (κ3) is 3.82. The second-order valence-corrected chi connectivity index (χ2v) is 4.99. The summed E-state index contributed by atoms with van der Waals surface area (Å²) in [6.45, 7) is 4.49. The van der Waals surface area contributed by atoms with E-state index in [9.17, 15) is 26.3 Å². The van der Waals surface area contributed by atoms with Gasteiger partial charge in [0.1, 0.15) is 0 Å². The Morgan fingerprint density at radius 1 is 1.12 bits per heavy atom. The molecule has 0 spiro atoms. The van der Waals surface area contributed by atoms with Crippen LogP contribution in [-0.2, 0) is 16.6 Å². The Hall–Kier alpha value is -1.77. The quantitative estimate of drug-likeness (QED) is 0.788. The van der Waals surface area contributed by atoms with Gasteiger partial charge in [0.15, 0.2) is 0 Å². The van der Waals surface area contributed by atoms with Crippen LogP contribution in [-0.4, -0.2) is 23.6 Å². The van der Waals surface area contributed by atoms with Crippen LogP contribution in [0.5, 0.6) is 0 Å². The third-order valence-electron chi connectivity index (χ3n) is 3.29. The molecular formula is C15H17F6NO2. The molecule has 0 saturated heterocycles. The highest BCUT2D eigenvalue weighted by Crippen LogP contribution is 2.49. The van der Waals surface area contributed by atoms with Crippen molar-refractivity contribution in [2.75, 3.05) is 6.61 Å². The van der Waals surface area contributed by atoms with Crippen molar-refractivity contribution in [2.24, 2.45) is 5.16 Å². The van der Waals surface area contributed by atoms with E-state index in [-0.39, 0.29) is 11.3 Å². The van der Waals surface area contributed by atoms with Crippen molar-refractivity contribution in [1.29, 1.82) is 0 Å². The number of hydrogen-bond donors (Lipinski definition) is 1. The number of nitrogens with zero attached hydrogens (tertiary/aromatic N) is 1. The van der Waals surface area contributed by atoms with Gasteiger partial charge < -0.3 is 9.94 Å². The number of alkyl halides is 6. The topological polar surface area (TPSA) is 41.8 Å². The van der Waals surface area contributed by atoms with Gasteiger partial charge in [0.25, 0.3) is 5.60 Å². The van der Waals surface area contributed by atoms with Crippen molar-refractivity contribution < 1.29 is 36.3 Å². The maximum atomic E-state index is 13.4. The van der Waals surface area contributed by atoms with Crippen molar-refractivity contribution in [3.8, 4) is 0 Å². The molecule has 9 heteroatoms.